The number of fused-ring (bicyclic) bond motifs is 3. The van der Waals surface area contributed by atoms with Gasteiger partial charge in [-0.3, -0.25) is 0 Å². The molecule has 0 radical (unpaired) electrons. The predicted octanol–water partition coefficient (Wildman–Crippen LogP) is 11.2. The Kier molecular flexibility index (Phi) is 10.5. The number of hydrogen-bond acceptors (Lipinski definition) is 3. The van der Waals surface area contributed by atoms with Crippen molar-refractivity contribution in [2.45, 2.75) is 0 Å². The Morgan fingerprint density at radius 3 is 0.737 bits per heavy atom. The zero-order valence-electron chi connectivity index (χ0n) is 26.6. The molecule has 1 heterocycles. The zero-order chi connectivity index (χ0) is 41.9. The van der Waals surface area contributed by atoms with Crippen molar-refractivity contribution in [1.29, 1.82) is 0 Å². The molecule has 296 valence electrons. The number of aromatic amines is 1. The highest BCUT2D eigenvalue weighted by atomic mass is 19.2. The third-order valence-corrected chi connectivity index (χ3v) is 7.77. The van der Waals surface area contributed by atoms with Crippen LogP contribution in [-0.4, -0.2) is 12.3 Å². The van der Waals surface area contributed by atoms with Crippen LogP contribution in [0.4, 0.5) is 79.0 Å². The minimum Gasteiger partial charge on any atom is -0.489 e. The average Bonchev–Trinajstić information content (AvgIpc) is 3.77. The molecule has 57 heavy (non-hydrogen) atoms. The molecule has 0 atom stereocenters. The first kappa shape index (κ1) is 40.3. The minimum absolute atomic E-state index is 0.325. The van der Waals surface area contributed by atoms with E-state index in [0.717, 1.165) is 0 Å². The molecule has 23 heteroatoms. The van der Waals surface area contributed by atoms with Crippen LogP contribution in [0, 0.1) is 105 Å². The summed E-state index contributed by atoms with van der Waals surface area (Å²) >= 11 is 0. The Bertz CT molecular complexity index is 2490. The highest BCUT2D eigenvalue weighted by Crippen LogP contribution is 2.41. The van der Waals surface area contributed by atoms with Crippen molar-refractivity contribution in [2.75, 3.05) is 0 Å². The molecule has 4 nitrogen and oxygen atoms in total. The van der Waals surface area contributed by atoms with Gasteiger partial charge in [-0.15, -0.1) is 0 Å². The molecule has 0 aliphatic heterocycles. The Morgan fingerprint density at radius 2 is 0.526 bits per heavy atom. The van der Waals surface area contributed by atoms with Crippen molar-refractivity contribution >= 4 is 39.6 Å². The lowest BCUT2D eigenvalue weighted by Gasteiger charge is -2.21. The maximum Gasteiger partial charge on any atom is 0.864 e. The molecule has 0 spiro atoms. The molecule has 0 unspecified atom stereocenters. The second-order valence-electron chi connectivity index (χ2n) is 11.1. The van der Waals surface area contributed by atoms with E-state index in [4.69, 9.17) is 14.0 Å². The third-order valence-electron chi connectivity index (χ3n) is 7.77. The van der Waals surface area contributed by atoms with E-state index in [9.17, 15) is 79.0 Å². The van der Waals surface area contributed by atoms with Crippen LogP contribution in [0.5, 0.6) is 17.2 Å². The molecule has 0 bridgehead atoms. The van der Waals surface area contributed by atoms with Crippen molar-refractivity contribution in [3.05, 3.63) is 147 Å². The molecule has 0 saturated carbocycles. The molecule has 0 fully saturated rings. The van der Waals surface area contributed by atoms with Gasteiger partial charge in [-0.25, -0.2) is 79.0 Å². The molecule has 0 amide bonds. The maximum absolute atomic E-state index is 14.9. The van der Waals surface area contributed by atoms with Crippen LogP contribution in [-0.2, 0) is 0 Å². The summed E-state index contributed by atoms with van der Waals surface area (Å²) < 4.78 is 275. The Morgan fingerprint density at radius 1 is 0.298 bits per heavy atom. The molecule has 7 rings (SSSR count). The number of nitrogens with one attached hydrogen (secondary N) is 1. The summed E-state index contributed by atoms with van der Waals surface area (Å²) in [5, 5.41) is -11.9. The van der Waals surface area contributed by atoms with E-state index < -0.39 is 162 Å². The summed E-state index contributed by atoms with van der Waals surface area (Å²) in [4.78, 5) is 2.86. The van der Waals surface area contributed by atoms with E-state index in [1.54, 1.807) is 0 Å². The quantitative estimate of drug-likeness (QED) is 0.0786. The molecule has 1 N–H and O–H groups in total. The zero-order valence-corrected chi connectivity index (χ0v) is 26.6. The van der Waals surface area contributed by atoms with Gasteiger partial charge in [0, 0.05) is 30.6 Å². The van der Waals surface area contributed by atoms with Crippen molar-refractivity contribution in [3.63, 3.8) is 0 Å². The van der Waals surface area contributed by atoms with Gasteiger partial charge >= 0.3 is 7.32 Å². The van der Waals surface area contributed by atoms with E-state index in [1.807, 2.05) is 24.5 Å². The Labute approximate surface area is 302 Å². The largest absolute Gasteiger partial charge is 0.864 e. The molecule has 0 saturated heterocycles. The smallest absolute Gasteiger partial charge is 0.489 e. The predicted molar refractivity (Wildman–Crippen MR) is 160 cm³/mol. The number of H-pyrrole nitrogens is 1. The van der Waals surface area contributed by atoms with Crippen LogP contribution < -0.4 is 14.0 Å². The third kappa shape index (κ3) is 6.58. The molecule has 1 aromatic heterocycles. The maximum atomic E-state index is 14.9. The first-order valence-electron chi connectivity index (χ1n) is 14.8. The topological polar surface area (TPSA) is 43.5 Å². The van der Waals surface area contributed by atoms with Gasteiger partial charge in [-0.1, -0.05) is 0 Å². The van der Waals surface area contributed by atoms with Gasteiger partial charge in [-0.05, 0) is 12.1 Å². The highest BCUT2D eigenvalue weighted by molar-refractivity contribution is 6.40. The summed E-state index contributed by atoms with van der Waals surface area (Å²) in [6.07, 6.45) is 3.75. The molecule has 6 aromatic carbocycles. The van der Waals surface area contributed by atoms with Gasteiger partial charge < -0.3 is 18.9 Å². The Hall–Kier alpha value is -6.42. The highest BCUT2D eigenvalue weighted by Gasteiger charge is 2.39. The Balaban J connectivity index is 0.00000102. The first-order valence-corrected chi connectivity index (χ1v) is 14.8. The molecular weight excluding hydrogens is 823 g/mol. The normalized spacial score (nSPS) is 11.3. The fraction of sp³-hybridized carbons (Fsp3) is 0. The summed E-state index contributed by atoms with van der Waals surface area (Å²) in [6, 6.07) is 2.91. The van der Waals surface area contributed by atoms with Gasteiger partial charge in [0.25, 0.3) is 0 Å². The lowest BCUT2D eigenvalue weighted by molar-refractivity contribution is 0.306. The van der Waals surface area contributed by atoms with Gasteiger partial charge in [0.2, 0.25) is 0 Å². The summed E-state index contributed by atoms with van der Waals surface area (Å²) in [6.45, 7) is 0. The van der Waals surface area contributed by atoms with Crippen LogP contribution in [0.2, 0.25) is 0 Å². The number of aromatic nitrogens is 1. The van der Waals surface area contributed by atoms with E-state index in [1.165, 1.54) is 0 Å². The van der Waals surface area contributed by atoms with Gasteiger partial charge in [-0.2, -0.15) is 0 Å². The van der Waals surface area contributed by atoms with Gasteiger partial charge in [0.15, 0.2) is 105 Å². The monoisotopic (exact) mass is 831 g/mol. The number of benzene rings is 6. The number of halogens is 18. The van der Waals surface area contributed by atoms with Crippen molar-refractivity contribution in [1.82, 2.24) is 4.98 Å². The number of hydrogen-bond donors (Lipinski definition) is 1. The summed E-state index contributed by atoms with van der Waals surface area (Å²) in [5.41, 5.74) is 0. The number of rotatable bonds is 6. The fourth-order valence-corrected chi connectivity index (χ4v) is 5.26. The van der Waals surface area contributed by atoms with Gasteiger partial charge in [0.05, 0.1) is 32.3 Å². The van der Waals surface area contributed by atoms with Crippen molar-refractivity contribution in [3.8, 4) is 17.2 Å². The van der Waals surface area contributed by atoms with Crippen molar-refractivity contribution in [2.24, 2.45) is 0 Å². The van der Waals surface area contributed by atoms with Crippen molar-refractivity contribution < 1.29 is 93.0 Å². The van der Waals surface area contributed by atoms with Crippen LogP contribution in [0.15, 0.2) is 42.7 Å². The molecule has 0 aliphatic carbocycles. The summed E-state index contributed by atoms with van der Waals surface area (Å²) in [5.74, 6) is -51.7. The lowest BCUT2D eigenvalue weighted by Crippen LogP contribution is -2.37. The van der Waals surface area contributed by atoms with E-state index >= 15 is 0 Å². The molecule has 0 aliphatic rings. The SMILES string of the molecule is Fc1cc(OB(Oc2cc(F)c(F)c3c(F)c(F)c(F)c(F)c23)Oc2cc(F)c(F)c3c(F)c(F)c(F)c(F)c23)c2c(F)c(F)c(F)c(F)c2c1F.c1cc[nH]c1. The van der Waals surface area contributed by atoms with Crippen LogP contribution in [0.3, 0.4) is 0 Å². The lowest BCUT2D eigenvalue weighted by atomic mass is 10.0. The summed E-state index contributed by atoms with van der Waals surface area (Å²) in [7, 11) is -3.46. The van der Waals surface area contributed by atoms with E-state index in [0.29, 0.717) is 0 Å². The van der Waals surface area contributed by atoms with E-state index in [-0.39, 0.29) is 18.2 Å². The molecule has 7 aromatic rings. The second kappa shape index (κ2) is 14.9. The van der Waals surface area contributed by atoms with Gasteiger partial charge in [0.1, 0.15) is 17.2 Å². The standard InChI is InChI=1S/C30H3BF18O3.C4H5N/c32-4-1-7(10-13(16(4)35)22(41)28(47)25(44)19(10)38)50-31(51-8-2-5(33)17(36)14-11(8)20(39)26(45)29(48)23(14)42)52-9-3-6(34)18(37)15-12(9)21(40)27(46)30(49)24(15)43;1-2-4-5-3-1/h1-3H;1-5H. The fourth-order valence-electron chi connectivity index (χ4n) is 5.26. The van der Waals surface area contributed by atoms with Crippen LogP contribution >= 0.6 is 0 Å². The molecular formula is C34H8BF18NO3. The minimum atomic E-state index is -3.46. The van der Waals surface area contributed by atoms with Crippen LogP contribution in [0.1, 0.15) is 0 Å². The second-order valence-corrected chi connectivity index (χ2v) is 11.1. The van der Waals surface area contributed by atoms with E-state index in [2.05, 4.69) is 4.98 Å². The van der Waals surface area contributed by atoms with Crippen LogP contribution in [0.25, 0.3) is 32.3 Å². The first-order chi connectivity index (χ1) is 26.8. The average molecular weight is 831 g/mol.